The van der Waals surface area contributed by atoms with Gasteiger partial charge in [-0.05, 0) is 35.2 Å². The number of hydrogen-bond donors (Lipinski definition) is 0. The van der Waals surface area contributed by atoms with Gasteiger partial charge in [-0.2, -0.15) is 0 Å². The summed E-state index contributed by atoms with van der Waals surface area (Å²) in [6.45, 7) is 2.73. The maximum atomic E-state index is 14.0. The molecule has 3 heterocycles. The Bertz CT molecular complexity index is 1160. The van der Waals surface area contributed by atoms with E-state index in [-0.39, 0.29) is 17.9 Å². The number of carbonyl (C=O) groups is 2. The van der Waals surface area contributed by atoms with Gasteiger partial charge in [-0.1, -0.05) is 36.4 Å². The molecule has 170 valence electrons. The summed E-state index contributed by atoms with van der Waals surface area (Å²) in [4.78, 5) is 34.1. The second kappa shape index (κ2) is 8.90. The van der Waals surface area contributed by atoms with Gasteiger partial charge in [0.05, 0.1) is 24.8 Å². The lowest BCUT2D eigenvalue weighted by Gasteiger charge is -2.43. The van der Waals surface area contributed by atoms with E-state index in [0.717, 1.165) is 35.0 Å². The first kappa shape index (κ1) is 21.5. The quantitative estimate of drug-likeness (QED) is 0.589. The van der Waals surface area contributed by atoms with Crippen molar-refractivity contribution in [3.8, 4) is 5.75 Å². The molecule has 6 nitrogen and oxygen atoms in total. The first-order chi connectivity index (χ1) is 16.1. The van der Waals surface area contributed by atoms with Gasteiger partial charge in [-0.25, -0.2) is 0 Å². The van der Waals surface area contributed by atoms with Crippen LogP contribution in [0.5, 0.6) is 5.75 Å². The zero-order valence-electron chi connectivity index (χ0n) is 18.8. The van der Waals surface area contributed by atoms with E-state index in [0.29, 0.717) is 18.7 Å². The van der Waals surface area contributed by atoms with E-state index in [9.17, 15) is 9.59 Å². The molecule has 1 saturated heterocycles. The van der Waals surface area contributed by atoms with Crippen molar-refractivity contribution < 1.29 is 14.3 Å². The third-order valence-electron chi connectivity index (χ3n) is 6.70. The minimum absolute atomic E-state index is 0.0333. The van der Waals surface area contributed by atoms with Crippen LogP contribution in [0.1, 0.15) is 32.8 Å². The third kappa shape index (κ3) is 3.76. The smallest absolute Gasteiger partial charge is 0.254 e. The van der Waals surface area contributed by atoms with Crippen molar-refractivity contribution in [2.24, 2.45) is 0 Å². The summed E-state index contributed by atoms with van der Waals surface area (Å²) in [5.74, 6) is 0.477. The maximum Gasteiger partial charge on any atom is 0.254 e. The molecule has 7 heteroatoms. The van der Waals surface area contributed by atoms with Crippen LogP contribution in [0.15, 0.2) is 66.0 Å². The molecule has 0 spiro atoms. The zero-order chi connectivity index (χ0) is 22.9. The Morgan fingerprint density at radius 1 is 0.970 bits per heavy atom. The second-order valence-corrected chi connectivity index (χ2v) is 9.40. The van der Waals surface area contributed by atoms with Gasteiger partial charge in [-0.3, -0.25) is 9.59 Å². The zero-order valence-corrected chi connectivity index (χ0v) is 19.6. The number of para-hydroxylation sites is 2. The molecular weight excluding hydrogens is 434 g/mol. The number of fused-ring (bicyclic) bond motifs is 1. The maximum absolute atomic E-state index is 14.0. The average molecular weight is 462 g/mol. The van der Waals surface area contributed by atoms with Crippen LogP contribution in [0.3, 0.4) is 0 Å². The number of carbonyl (C=O) groups excluding carboxylic acids is 2. The number of thiophene rings is 1. The van der Waals surface area contributed by atoms with Crippen molar-refractivity contribution in [3.63, 3.8) is 0 Å². The molecule has 0 aliphatic carbocycles. The van der Waals surface area contributed by atoms with E-state index in [1.807, 2.05) is 71.9 Å². The number of benzene rings is 2. The second-order valence-electron chi connectivity index (χ2n) is 8.43. The molecule has 2 aliphatic rings. The average Bonchev–Trinajstić information content (AvgIpc) is 3.40. The number of likely N-dealkylation sites (N-methyl/N-ethyl adjacent to an activating group) is 1. The lowest BCUT2D eigenvalue weighted by Crippen LogP contribution is -2.53. The van der Waals surface area contributed by atoms with Crippen molar-refractivity contribution in [1.29, 1.82) is 0 Å². The molecule has 0 N–H and O–H groups in total. The largest absolute Gasteiger partial charge is 0.495 e. The van der Waals surface area contributed by atoms with Gasteiger partial charge in [0.25, 0.3) is 5.91 Å². The molecule has 5 rings (SSSR count). The third-order valence-corrected chi connectivity index (χ3v) is 7.64. The Labute approximate surface area is 198 Å². The molecule has 0 bridgehead atoms. The Kier molecular flexibility index (Phi) is 5.81. The van der Waals surface area contributed by atoms with Crippen molar-refractivity contribution in [2.75, 3.05) is 45.2 Å². The highest BCUT2D eigenvalue weighted by molar-refractivity contribution is 7.10. The van der Waals surface area contributed by atoms with Crippen molar-refractivity contribution in [3.05, 3.63) is 82.0 Å². The summed E-state index contributed by atoms with van der Waals surface area (Å²) in [5, 5.41) is 2.00. The van der Waals surface area contributed by atoms with E-state index >= 15 is 0 Å². The molecule has 1 aromatic heterocycles. The predicted molar refractivity (Wildman–Crippen MR) is 130 cm³/mol. The Balaban J connectivity index is 1.43. The fourth-order valence-electron chi connectivity index (χ4n) is 5.01. The number of rotatable bonds is 4. The molecule has 0 saturated carbocycles. The van der Waals surface area contributed by atoms with Crippen molar-refractivity contribution >= 4 is 28.8 Å². The Morgan fingerprint density at radius 2 is 1.70 bits per heavy atom. The van der Waals surface area contributed by atoms with Crippen LogP contribution in [-0.2, 0) is 4.79 Å². The summed E-state index contributed by atoms with van der Waals surface area (Å²) < 4.78 is 5.53. The van der Waals surface area contributed by atoms with E-state index in [2.05, 4.69) is 11.0 Å². The van der Waals surface area contributed by atoms with E-state index in [4.69, 9.17) is 4.74 Å². The first-order valence-corrected chi connectivity index (χ1v) is 12.0. The topological polar surface area (TPSA) is 53.1 Å². The van der Waals surface area contributed by atoms with Gasteiger partial charge in [0, 0.05) is 43.7 Å². The first-order valence-electron chi connectivity index (χ1n) is 11.2. The summed E-state index contributed by atoms with van der Waals surface area (Å²) in [6, 6.07) is 19.2. The lowest BCUT2D eigenvalue weighted by atomic mass is 9.81. The monoisotopic (exact) mass is 461 g/mol. The number of anilines is 1. The molecule has 3 aromatic rings. The van der Waals surface area contributed by atoms with Gasteiger partial charge in [0.15, 0.2) is 0 Å². The molecule has 33 heavy (non-hydrogen) atoms. The van der Waals surface area contributed by atoms with Crippen LogP contribution >= 0.6 is 11.3 Å². The van der Waals surface area contributed by atoms with Crippen LogP contribution in [0.4, 0.5) is 5.69 Å². The summed E-state index contributed by atoms with van der Waals surface area (Å²) in [7, 11) is 3.49. The highest BCUT2D eigenvalue weighted by Crippen LogP contribution is 2.44. The fourth-order valence-corrected chi connectivity index (χ4v) is 5.92. The van der Waals surface area contributed by atoms with Crippen LogP contribution in [0.2, 0.25) is 0 Å². The van der Waals surface area contributed by atoms with Crippen LogP contribution in [0.25, 0.3) is 0 Å². The molecule has 1 fully saturated rings. The van der Waals surface area contributed by atoms with Gasteiger partial charge in [0.1, 0.15) is 5.75 Å². The highest BCUT2D eigenvalue weighted by Gasteiger charge is 2.44. The van der Waals surface area contributed by atoms with Gasteiger partial charge < -0.3 is 19.4 Å². The SMILES string of the molecule is COc1ccccc1N1CCN(C(=O)[C@H]2c3ccccc3C(=O)N(C)[C@@H]2c2cccs2)CC1. The number of amides is 2. The molecule has 0 radical (unpaired) electrons. The molecule has 2 aliphatic heterocycles. The van der Waals surface area contributed by atoms with E-state index in [1.165, 1.54) is 0 Å². The Hall–Kier alpha value is -3.32. The van der Waals surface area contributed by atoms with Crippen LogP contribution in [-0.4, -0.2) is 62.0 Å². The molecule has 0 unspecified atom stereocenters. The molecule has 2 atom stereocenters. The van der Waals surface area contributed by atoms with E-state index < -0.39 is 5.92 Å². The molecule has 2 amide bonds. The number of hydrogen-bond acceptors (Lipinski definition) is 5. The highest BCUT2D eigenvalue weighted by atomic mass is 32.1. The number of piperazine rings is 1. The van der Waals surface area contributed by atoms with Crippen LogP contribution in [0, 0.1) is 0 Å². The fraction of sp³-hybridized carbons (Fsp3) is 0.308. The number of nitrogens with zero attached hydrogens (tertiary/aromatic N) is 3. The minimum atomic E-state index is -0.416. The van der Waals surface area contributed by atoms with Gasteiger partial charge >= 0.3 is 0 Å². The van der Waals surface area contributed by atoms with Crippen molar-refractivity contribution in [1.82, 2.24) is 9.80 Å². The predicted octanol–water partition coefficient (Wildman–Crippen LogP) is 4.02. The van der Waals surface area contributed by atoms with E-state index in [1.54, 1.807) is 23.3 Å². The molecular formula is C26H27N3O3S. The lowest BCUT2D eigenvalue weighted by molar-refractivity contribution is -0.134. The molecule has 2 aromatic carbocycles. The van der Waals surface area contributed by atoms with Gasteiger partial charge in [-0.15, -0.1) is 11.3 Å². The normalized spacial score (nSPS) is 20.5. The summed E-state index contributed by atoms with van der Waals surface area (Å²) >= 11 is 1.59. The summed E-state index contributed by atoms with van der Waals surface area (Å²) in [6.07, 6.45) is 0. The Morgan fingerprint density at radius 3 is 2.42 bits per heavy atom. The standard InChI is InChI=1S/C26H27N3O3S/c1-27-24(22-12-7-17-33-22)23(18-8-3-4-9-19(18)25(27)30)26(31)29-15-13-28(14-16-29)20-10-5-6-11-21(20)32-2/h3-12,17,23-24H,13-16H2,1-2H3/t23-,24+/m0/s1. The van der Waals surface area contributed by atoms with Gasteiger partial charge in [0.2, 0.25) is 5.91 Å². The van der Waals surface area contributed by atoms with Crippen molar-refractivity contribution in [2.45, 2.75) is 12.0 Å². The van der Waals surface area contributed by atoms with Crippen LogP contribution < -0.4 is 9.64 Å². The minimum Gasteiger partial charge on any atom is -0.495 e. The number of methoxy groups -OCH3 is 1. The summed E-state index contributed by atoms with van der Waals surface area (Å²) in [5.41, 5.74) is 2.51. The number of ether oxygens (including phenoxy) is 1.